The van der Waals surface area contributed by atoms with Crippen LogP contribution in [-0.2, 0) is 33.8 Å². The second-order valence-corrected chi connectivity index (χ2v) is 14.0. The number of benzene rings is 2. The molecule has 2 unspecified atom stereocenters. The Hall–Kier alpha value is -4.42. The third-order valence-corrected chi connectivity index (χ3v) is 10.5. The number of nitrogens with one attached hydrogen (secondary N) is 3. The van der Waals surface area contributed by atoms with Gasteiger partial charge in [0.25, 0.3) is 6.39 Å². The number of fused-ring (bicyclic) bond motifs is 3. The summed E-state index contributed by atoms with van der Waals surface area (Å²) in [7, 11) is 0. The van der Waals surface area contributed by atoms with Crippen molar-refractivity contribution < 1.29 is 33.0 Å². The molecule has 5 atom stereocenters. The molecule has 2 aromatic heterocycles. The number of carbonyl (C=O) groups excluding carboxylic acids is 4. The number of ether oxygens (including phenoxy) is 1. The molecule has 1 aliphatic rings. The molecule has 12 nitrogen and oxygen atoms in total. The maximum Gasteiger partial charge on any atom is 0.517 e. The molecule has 3 amide bonds. The third-order valence-electron chi connectivity index (χ3n) is 9.94. The summed E-state index contributed by atoms with van der Waals surface area (Å²) in [6.07, 6.45) is 2.43. The highest BCUT2D eigenvalue weighted by molar-refractivity contribution is 6.38. The van der Waals surface area contributed by atoms with Crippen molar-refractivity contribution in [1.82, 2.24) is 20.7 Å². The van der Waals surface area contributed by atoms with Crippen LogP contribution in [0.15, 0.2) is 53.3 Å². The van der Waals surface area contributed by atoms with Crippen LogP contribution >= 0.6 is 23.2 Å². The maximum atomic E-state index is 14.8. The van der Waals surface area contributed by atoms with Gasteiger partial charge in [-0.15, -0.1) is 0 Å². The van der Waals surface area contributed by atoms with Crippen LogP contribution in [0.5, 0.6) is 0 Å². The Bertz CT molecular complexity index is 1880. The molecule has 4 aromatic rings. The Morgan fingerprint density at radius 2 is 1.82 bits per heavy atom. The molecule has 0 aliphatic heterocycles. The molecule has 5 rings (SSSR count). The van der Waals surface area contributed by atoms with E-state index in [1.54, 1.807) is 12.1 Å². The number of halogens is 2. The number of primary amides is 1. The van der Waals surface area contributed by atoms with Crippen LogP contribution in [0, 0.1) is 11.8 Å². The number of hydrogen-bond donors (Lipinski definition) is 4. The smallest absolute Gasteiger partial charge is 0.445 e. The summed E-state index contributed by atoms with van der Waals surface area (Å²) in [5.74, 6) is -1.46. The topological polar surface area (TPSA) is 173 Å². The van der Waals surface area contributed by atoms with Crippen molar-refractivity contribution >= 4 is 57.9 Å². The normalized spacial score (nSPS) is 18.0. The van der Waals surface area contributed by atoms with Crippen LogP contribution in [0.25, 0.3) is 10.9 Å². The molecule has 50 heavy (non-hydrogen) atoms. The second-order valence-electron chi connectivity index (χ2n) is 13.2. The van der Waals surface area contributed by atoms with E-state index in [1.807, 2.05) is 58.0 Å². The Labute approximate surface area is 300 Å². The zero-order valence-electron chi connectivity index (χ0n) is 28.6. The molecule has 0 radical (unpaired) electrons. The van der Waals surface area contributed by atoms with E-state index >= 15 is 0 Å². The van der Waals surface area contributed by atoms with E-state index in [-0.39, 0.29) is 49.4 Å². The number of aromatic nitrogens is 3. The summed E-state index contributed by atoms with van der Waals surface area (Å²) in [4.78, 5) is 57.3. The van der Waals surface area contributed by atoms with Crippen molar-refractivity contribution in [3.63, 3.8) is 0 Å². The summed E-state index contributed by atoms with van der Waals surface area (Å²) >= 11 is 13.0. The lowest BCUT2D eigenvalue weighted by Crippen LogP contribution is -2.62. The van der Waals surface area contributed by atoms with Crippen LogP contribution < -0.4 is 21.0 Å². The molecular weight excluding hydrogens is 683 g/mol. The molecule has 5 N–H and O–H groups in total. The highest BCUT2D eigenvalue weighted by Crippen LogP contribution is 2.40. The van der Waals surface area contributed by atoms with Gasteiger partial charge < -0.3 is 24.8 Å². The minimum Gasteiger partial charge on any atom is -0.445 e. The number of nitrogens with zero attached hydrogens (tertiary/aromatic N) is 2. The fourth-order valence-electron chi connectivity index (χ4n) is 6.52. The van der Waals surface area contributed by atoms with Gasteiger partial charge in [0.05, 0.1) is 10.5 Å². The number of aromatic amines is 1. The number of hydrogen-bond acceptors (Lipinski definition) is 7. The van der Waals surface area contributed by atoms with Gasteiger partial charge in [-0.1, -0.05) is 94.1 Å². The number of carbonyl (C=O) groups is 4. The number of alkyl carbamates (subject to hydrolysis) is 1. The molecule has 2 heterocycles. The molecule has 0 spiro atoms. The van der Waals surface area contributed by atoms with Crippen LogP contribution in [0.3, 0.4) is 0 Å². The molecule has 0 saturated carbocycles. The van der Waals surface area contributed by atoms with Crippen LogP contribution in [0.1, 0.15) is 82.0 Å². The minimum atomic E-state index is -1.38. The lowest BCUT2D eigenvalue weighted by molar-refractivity contribution is -0.635. The number of Topliss-reactive ketones (excluding diaryl/α,β-unsaturated/α-hetero) is 1. The van der Waals surface area contributed by atoms with Gasteiger partial charge in [-0.2, -0.15) is 4.79 Å². The second kappa shape index (κ2) is 15.6. The summed E-state index contributed by atoms with van der Waals surface area (Å²) in [6, 6.07) is 10.9. The predicted molar refractivity (Wildman–Crippen MR) is 188 cm³/mol. The van der Waals surface area contributed by atoms with E-state index in [4.69, 9.17) is 38.1 Å². The van der Waals surface area contributed by atoms with E-state index in [0.29, 0.717) is 34.8 Å². The number of ketones is 1. The van der Waals surface area contributed by atoms with Gasteiger partial charge in [-0.05, 0) is 57.7 Å². The van der Waals surface area contributed by atoms with Gasteiger partial charge in [0.15, 0.2) is 5.78 Å². The van der Waals surface area contributed by atoms with Gasteiger partial charge in [-0.3, -0.25) is 9.59 Å². The molecule has 0 fully saturated rings. The zero-order valence-corrected chi connectivity index (χ0v) is 30.1. The highest BCUT2D eigenvalue weighted by atomic mass is 35.5. The Morgan fingerprint density at radius 3 is 2.48 bits per heavy atom. The van der Waals surface area contributed by atoms with Crippen molar-refractivity contribution in [2.45, 2.75) is 90.3 Å². The molecule has 2 aromatic carbocycles. The maximum absolute atomic E-state index is 14.8. The van der Waals surface area contributed by atoms with Crippen molar-refractivity contribution in [2.24, 2.45) is 17.6 Å². The van der Waals surface area contributed by atoms with Crippen molar-refractivity contribution in [3.05, 3.63) is 81.6 Å². The summed E-state index contributed by atoms with van der Waals surface area (Å²) in [5, 5.41) is 11.7. The van der Waals surface area contributed by atoms with Crippen LogP contribution in [0.2, 0.25) is 10.0 Å². The first-order valence-corrected chi connectivity index (χ1v) is 17.6. The molecular formula is C36H43Cl2N6O6+. The number of rotatable bonds is 13. The Kier molecular flexibility index (Phi) is 11.5. The lowest BCUT2D eigenvalue weighted by Gasteiger charge is -2.39. The zero-order chi connectivity index (χ0) is 36.2. The number of H-pyrrole nitrogens is 1. The van der Waals surface area contributed by atoms with Gasteiger partial charge in [-0.25, -0.2) is 10.5 Å². The largest absolute Gasteiger partial charge is 0.517 e. The van der Waals surface area contributed by atoms with Gasteiger partial charge >= 0.3 is 12.1 Å². The molecule has 0 bridgehead atoms. The van der Waals surface area contributed by atoms with Gasteiger partial charge in [0.1, 0.15) is 18.2 Å². The quantitative estimate of drug-likeness (QED) is 0.120. The van der Waals surface area contributed by atoms with E-state index in [1.165, 1.54) is 0 Å². The first-order chi connectivity index (χ1) is 23.8. The average molecular weight is 727 g/mol. The van der Waals surface area contributed by atoms with E-state index < -0.39 is 35.5 Å². The highest BCUT2D eigenvalue weighted by Gasteiger charge is 2.46. The lowest BCUT2D eigenvalue weighted by atomic mass is 9.73. The van der Waals surface area contributed by atoms with Crippen molar-refractivity contribution in [1.29, 1.82) is 0 Å². The monoisotopic (exact) mass is 725 g/mol. The summed E-state index contributed by atoms with van der Waals surface area (Å²) in [5.41, 5.74) is 7.25. The molecule has 14 heteroatoms. The summed E-state index contributed by atoms with van der Waals surface area (Å²) < 4.78 is 12.0. The minimum absolute atomic E-state index is 0.0337. The fourth-order valence-corrected chi connectivity index (χ4v) is 7.07. The molecule has 0 saturated heterocycles. The van der Waals surface area contributed by atoms with E-state index in [9.17, 15) is 19.2 Å². The van der Waals surface area contributed by atoms with E-state index in [2.05, 4.69) is 20.7 Å². The fraction of sp³-hybridized carbons (Fsp3) is 0.444. The number of amides is 3. The van der Waals surface area contributed by atoms with E-state index in [0.717, 1.165) is 33.3 Å². The Balaban J connectivity index is 1.49. The average Bonchev–Trinajstić information content (AvgIpc) is 3.74. The Morgan fingerprint density at radius 1 is 1.10 bits per heavy atom. The number of nitrogens with two attached hydrogens (primary N) is 1. The van der Waals surface area contributed by atoms with Gasteiger partial charge in [0.2, 0.25) is 11.8 Å². The van der Waals surface area contributed by atoms with Gasteiger partial charge in [0, 0.05) is 34.9 Å². The SMILES string of the molecule is CCC(C)[C@H](NC(=O)OCc1ccccc1)C(=O)N[C@]1(C(=O)C[C@H](c2n[n+](C(N)=O)co2)C(C)CC)CCc2[nH]c3c(Cl)cc(Cl)cc3c2C1. The first-order valence-electron chi connectivity index (χ1n) is 16.8. The number of aryl methyl sites for hydroxylation is 1. The van der Waals surface area contributed by atoms with Crippen molar-refractivity contribution in [3.8, 4) is 0 Å². The molecule has 1 aliphatic carbocycles. The predicted octanol–water partition coefficient (Wildman–Crippen LogP) is 6.15. The molecule has 266 valence electrons. The van der Waals surface area contributed by atoms with Crippen LogP contribution in [-0.4, -0.2) is 45.5 Å². The van der Waals surface area contributed by atoms with Crippen LogP contribution in [0.4, 0.5) is 9.59 Å². The first kappa shape index (κ1) is 36.9. The third kappa shape index (κ3) is 7.97. The summed E-state index contributed by atoms with van der Waals surface area (Å²) in [6.45, 7) is 7.76. The standard InChI is InChI=1S/C36H42Cl2N6O6/c1-5-20(3)24(33-43-44(19-50-33)34(39)47)16-29(45)36(13-12-28-26(17-36)25-14-23(37)15-27(38)31(25)40-28)42-32(46)30(21(4)6-2)41-35(48)49-18-22-10-8-7-9-11-22/h7-11,14-15,19-21,24,30,40H,5-6,12-13,16-18H2,1-4H3,(H3-,39,41,42,46,47,48)/p+1/t20?,21?,24-,30-,36+/m0/s1. The van der Waals surface area contributed by atoms with Crippen molar-refractivity contribution in [2.75, 3.05) is 0 Å².